The molecule has 0 spiro atoms. The third-order valence-electron chi connectivity index (χ3n) is 6.08. The number of hydrogen-bond acceptors (Lipinski definition) is 3. The Kier molecular flexibility index (Phi) is 3.41. The van der Waals surface area contributed by atoms with E-state index in [1.807, 2.05) is 12.4 Å². The van der Waals surface area contributed by atoms with Crippen molar-refractivity contribution in [3.05, 3.63) is 59.0 Å². The Morgan fingerprint density at radius 3 is 2.81 bits per heavy atom. The van der Waals surface area contributed by atoms with Gasteiger partial charge in [-0.05, 0) is 54.9 Å². The van der Waals surface area contributed by atoms with Gasteiger partial charge in [0, 0.05) is 54.9 Å². The number of aromatic nitrogens is 2. The predicted molar refractivity (Wildman–Crippen MR) is 104 cm³/mol. The molecular weight excluding hydrogens is 322 g/mol. The van der Waals surface area contributed by atoms with E-state index >= 15 is 0 Å². The van der Waals surface area contributed by atoms with E-state index in [1.54, 1.807) is 0 Å². The lowest BCUT2D eigenvalue weighted by Gasteiger charge is -2.31. The zero-order valence-electron chi connectivity index (χ0n) is 15.7. The van der Waals surface area contributed by atoms with Gasteiger partial charge < -0.3 is 14.2 Å². The van der Waals surface area contributed by atoms with Crippen LogP contribution in [0.15, 0.2) is 36.7 Å². The van der Waals surface area contributed by atoms with Gasteiger partial charge in [-0.3, -0.25) is 4.98 Å². The maximum atomic E-state index is 6.42. The van der Waals surface area contributed by atoms with Crippen LogP contribution in [0.5, 0.6) is 5.75 Å². The first-order valence-corrected chi connectivity index (χ1v) is 9.42. The Labute approximate surface area is 154 Å². The topological polar surface area (TPSA) is 30.3 Å². The second kappa shape index (κ2) is 5.58. The molecule has 5 rings (SSSR count). The Morgan fingerprint density at radius 2 is 2.00 bits per heavy atom. The summed E-state index contributed by atoms with van der Waals surface area (Å²) in [6.45, 7) is 8.25. The van der Waals surface area contributed by atoms with Crippen molar-refractivity contribution in [1.29, 1.82) is 0 Å². The molecule has 134 valence electrons. The summed E-state index contributed by atoms with van der Waals surface area (Å²) in [5.41, 5.74) is 6.76. The number of likely N-dealkylation sites (N-methyl/N-ethyl adjacent to an activating group) is 1. The molecule has 0 saturated carbocycles. The molecule has 3 aromatic rings. The summed E-state index contributed by atoms with van der Waals surface area (Å²) in [5, 5.41) is 1.38. The van der Waals surface area contributed by atoms with Crippen molar-refractivity contribution in [3.8, 4) is 5.75 Å². The van der Waals surface area contributed by atoms with Crippen LogP contribution in [0.4, 0.5) is 0 Å². The van der Waals surface area contributed by atoms with Gasteiger partial charge in [-0.1, -0.05) is 6.92 Å². The number of rotatable bonds is 1. The van der Waals surface area contributed by atoms with Gasteiger partial charge in [0.05, 0.1) is 12.1 Å². The fourth-order valence-corrected chi connectivity index (χ4v) is 4.66. The Morgan fingerprint density at radius 1 is 1.19 bits per heavy atom. The molecular formula is C22H25N3O. The number of benzene rings is 1. The van der Waals surface area contributed by atoms with Gasteiger partial charge >= 0.3 is 0 Å². The largest absolute Gasteiger partial charge is 0.490 e. The molecule has 4 nitrogen and oxygen atoms in total. The number of aryl methyl sites for hydroxylation is 1. The van der Waals surface area contributed by atoms with E-state index in [9.17, 15) is 0 Å². The minimum Gasteiger partial charge on any atom is -0.490 e. The van der Waals surface area contributed by atoms with Crippen LogP contribution in [0.2, 0.25) is 0 Å². The van der Waals surface area contributed by atoms with Crippen LogP contribution in [0.1, 0.15) is 29.3 Å². The summed E-state index contributed by atoms with van der Waals surface area (Å²) in [6.07, 6.45) is 4.88. The number of pyridine rings is 1. The van der Waals surface area contributed by atoms with Crippen LogP contribution >= 0.6 is 0 Å². The second-order valence-corrected chi connectivity index (χ2v) is 8.24. The van der Waals surface area contributed by atoms with Gasteiger partial charge in [-0.25, -0.2) is 0 Å². The maximum absolute atomic E-state index is 6.42. The highest BCUT2D eigenvalue weighted by Crippen LogP contribution is 2.42. The Hall–Kier alpha value is -2.33. The van der Waals surface area contributed by atoms with E-state index in [2.05, 4.69) is 59.6 Å². The van der Waals surface area contributed by atoms with Gasteiger partial charge in [0.2, 0.25) is 0 Å². The zero-order chi connectivity index (χ0) is 17.9. The maximum Gasteiger partial charge on any atom is 0.143 e. The molecule has 0 aliphatic carbocycles. The molecule has 0 radical (unpaired) electrons. The summed E-state index contributed by atoms with van der Waals surface area (Å²) < 4.78 is 8.98. The summed E-state index contributed by atoms with van der Waals surface area (Å²) in [7, 11) is 2.21. The fourth-order valence-electron chi connectivity index (χ4n) is 4.66. The van der Waals surface area contributed by atoms with Crippen molar-refractivity contribution in [2.24, 2.45) is 0 Å². The van der Waals surface area contributed by atoms with Gasteiger partial charge in [0.1, 0.15) is 5.75 Å². The normalized spacial score (nSPS) is 22.7. The highest BCUT2D eigenvalue weighted by molar-refractivity contribution is 5.91. The van der Waals surface area contributed by atoms with Crippen LogP contribution in [0, 0.1) is 6.92 Å². The fraction of sp³-hybridized carbons (Fsp3) is 0.409. The summed E-state index contributed by atoms with van der Waals surface area (Å²) in [6, 6.07) is 8.80. The van der Waals surface area contributed by atoms with Crippen molar-refractivity contribution >= 4 is 10.9 Å². The predicted octanol–water partition coefficient (Wildman–Crippen LogP) is 3.68. The van der Waals surface area contributed by atoms with Crippen LogP contribution in [0.3, 0.4) is 0 Å². The third-order valence-corrected chi connectivity index (χ3v) is 6.08. The molecule has 0 amide bonds. The van der Waals surface area contributed by atoms with Crippen molar-refractivity contribution < 1.29 is 4.74 Å². The summed E-state index contributed by atoms with van der Waals surface area (Å²) in [4.78, 5) is 6.62. The van der Waals surface area contributed by atoms with Gasteiger partial charge in [0.15, 0.2) is 0 Å². The smallest absolute Gasteiger partial charge is 0.143 e. The summed E-state index contributed by atoms with van der Waals surface area (Å²) >= 11 is 0. The molecule has 2 aliphatic heterocycles. The van der Waals surface area contributed by atoms with Gasteiger partial charge in [-0.15, -0.1) is 0 Å². The van der Waals surface area contributed by atoms with Crippen LogP contribution in [-0.2, 0) is 24.9 Å². The van der Waals surface area contributed by atoms with Crippen LogP contribution in [-0.4, -0.2) is 34.7 Å². The second-order valence-electron chi connectivity index (χ2n) is 8.24. The lowest BCUT2D eigenvalue weighted by Crippen LogP contribution is -2.35. The molecule has 0 bridgehead atoms. The van der Waals surface area contributed by atoms with Crippen molar-refractivity contribution in [3.63, 3.8) is 0 Å². The molecule has 0 saturated heterocycles. The lowest BCUT2D eigenvalue weighted by molar-refractivity contribution is 0.220. The molecule has 4 heterocycles. The quantitative estimate of drug-likeness (QED) is 0.673. The first-order valence-electron chi connectivity index (χ1n) is 9.42. The molecule has 26 heavy (non-hydrogen) atoms. The van der Waals surface area contributed by atoms with Crippen molar-refractivity contribution in [2.45, 2.75) is 38.8 Å². The molecule has 2 aliphatic rings. The number of nitrogens with zero attached hydrogens (tertiary/aromatic N) is 3. The summed E-state index contributed by atoms with van der Waals surface area (Å²) in [5.74, 6) is 1.04. The number of ether oxygens (including phenoxy) is 1. The molecule has 1 aromatic carbocycles. The first kappa shape index (κ1) is 15.9. The monoisotopic (exact) mass is 347 g/mol. The van der Waals surface area contributed by atoms with Gasteiger partial charge in [0.25, 0.3) is 0 Å². The molecule has 4 heteroatoms. The minimum atomic E-state index is -0.0705. The van der Waals surface area contributed by atoms with Crippen LogP contribution < -0.4 is 4.74 Å². The van der Waals surface area contributed by atoms with E-state index < -0.39 is 0 Å². The van der Waals surface area contributed by atoms with E-state index in [-0.39, 0.29) is 5.41 Å². The van der Waals surface area contributed by atoms with E-state index in [1.165, 1.54) is 33.3 Å². The standard InChI is InChI=1S/C22H25N3O/c1-15-10-17-18-12-24(3)9-6-19(18)25-13-22(2,16-4-7-23-8-5-16)14-26-20(11-15)21(17)25/h4-5,7-8,10-11H,6,9,12-14H2,1-3H3. The lowest BCUT2D eigenvalue weighted by atomic mass is 9.83. The van der Waals surface area contributed by atoms with Crippen molar-refractivity contribution in [1.82, 2.24) is 14.5 Å². The molecule has 0 N–H and O–H groups in total. The molecule has 0 fully saturated rings. The highest BCUT2D eigenvalue weighted by Gasteiger charge is 2.35. The average molecular weight is 347 g/mol. The highest BCUT2D eigenvalue weighted by atomic mass is 16.5. The third kappa shape index (κ3) is 2.28. The van der Waals surface area contributed by atoms with Gasteiger partial charge in [-0.2, -0.15) is 0 Å². The van der Waals surface area contributed by atoms with Crippen LogP contribution in [0.25, 0.3) is 10.9 Å². The molecule has 1 atom stereocenters. The minimum absolute atomic E-state index is 0.0705. The molecule has 1 unspecified atom stereocenters. The number of fused-ring (bicyclic) bond motifs is 3. The first-order chi connectivity index (χ1) is 12.5. The Bertz CT molecular complexity index is 992. The van der Waals surface area contributed by atoms with E-state index in [0.29, 0.717) is 6.61 Å². The zero-order valence-corrected chi connectivity index (χ0v) is 15.7. The Balaban J connectivity index is 1.75. The molecule has 2 aromatic heterocycles. The average Bonchev–Trinajstić information content (AvgIpc) is 2.83. The van der Waals surface area contributed by atoms with E-state index in [0.717, 1.165) is 31.8 Å². The number of hydrogen-bond donors (Lipinski definition) is 0. The van der Waals surface area contributed by atoms with E-state index in [4.69, 9.17) is 4.74 Å². The SMILES string of the molecule is Cc1cc2c3c(c1)c1c(n3CC(C)(c3ccncc3)CO2)CCN(C)C1. The van der Waals surface area contributed by atoms with Crippen molar-refractivity contribution in [2.75, 3.05) is 20.2 Å².